The Hall–Kier alpha value is -0.390. The number of aryl methyl sites for hydroxylation is 1. The van der Waals surface area contributed by atoms with E-state index in [-0.39, 0.29) is 11.6 Å². The lowest BCUT2D eigenvalue weighted by Crippen LogP contribution is -2.44. The van der Waals surface area contributed by atoms with Gasteiger partial charge in [0.15, 0.2) is 0 Å². The van der Waals surface area contributed by atoms with E-state index in [0.29, 0.717) is 0 Å². The van der Waals surface area contributed by atoms with Gasteiger partial charge < -0.3 is 10.1 Å². The summed E-state index contributed by atoms with van der Waals surface area (Å²) >= 11 is 3.56. The summed E-state index contributed by atoms with van der Waals surface area (Å²) < 4.78 is 8.71. The summed E-state index contributed by atoms with van der Waals surface area (Å²) in [5, 5.41) is 7.64. The Morgan fingerprint density at radius 1 is 1.53 bits per heavy atom. The molecule has 98 valence electrons. The average molecular weight is 304 g/mol. The van der Waals surface area contributed by atoms with E-state index >= 15 is 0 Å². The van der Waals surface area contributed by atoms with Gasteiger partial charge in [-0.3, -0.25) is 4.68 Å². The second-order valence-corrected chi connectivity index (χ2v) is 5.05. The molecule has 1 atom stereocenters. The highest BCUT2D eigenvalue weighted by molar-refractivity contribution is 9.10. The van der Waals surface area contributed by atoms with E-state index < -0.39 is 0 Å². The van der Waals surface area contributed by atoms with Crippen LogP contribution in [0.1, 0.15) is 38.4 Å². The van der Waals surface area contributed by atoms with Gasteiger partial charge in [-0.05, 0) is 35.8 Å². The Morgan fingerprint density at radius 2 is 2.12 bits per heavy atom. The summed E-state index contributed by atoms with van der Waals surface area (Å²) in [7, 11) is 5.70. The molecular weight excluding hydrogens is 282 g/mol. The minimum Gasteiger partial charge on any atom is -0.376 e. The molecule has 5 heteroatoms. The van der Waals surface area contributed by atoms with Crippen molar-refractivity contribution in [3.05, 3.63) is 16.4 Å². The van der Waals surface area contributed by atoms with E-state index in [4.69, 9.17) is 4.74 Å². The molecule has 1 N–H and O–H groups in total. The van der Waals surface area contributed by atoms with Crippen LogP contribution in [0.4, 0.5) is 0 Å². The molecule has 0 saturated heterocycles. The molecule has 0 bridgehead atoms. The standard InChI is InChI=1S/C12H22BrN3O/c1-6-12(7-2,17-5)11(14-3)10-9(13)8-15-16(10)4/h8,11,14H,6-7H2,1-5H3. The fourth-order valence-electron chi connectivity index (χ4n) is 2.46. The van der Waals surface area contributed by atoms with Crippen molar-refractivity contribution in [2.75, 3.05) is 14.2 Å². The predicted octanol–water partition coefficient (Wildman–Crippen LogP) is 2.65. The highest BCUT2D eigenvalue weighted by Crippen LogP contribution is 2.37. The Kier molecular flexibility index (Phi) is 5.16. The molecule has 0 fully saturated rings. The highest BCUT2D eigenvalue weighted by atomic mass is 79.9. The molecule has 1 rings (SSSR count). The third kappa shape index (κ3) is 2.56. The molecule has 0 aliphatic rings. The van der Waals surface area contributed by atoms with E-state index in [1.54, 1.807) is 7.11 Å². The first-order valence-electron chi connectivity index (χ1n) is 5.96. The quantitative estimate of drug-likeness (QED) is 0.878. The maximum Gasteiger partial charge on any atom is 0.0882 e. The van der Waals surface area contributed by atoms with E-state index in [2.05, 4.69) is 40.2 Å². The van der Waals surface area contributed by atoms with Gasteiger partial charge in [-0.15, -0.1) is 0 Å². The molecule has 1 aromatic rings. The minimum atomic E-state index is -0.203. The van der Waals surface area contributed by atoms with Crippen LogP contribution in [-0.2, 0) is 11.8 Å². The summed E-state index contributed by atoms with van der Waals surface area (Å²) in [6.45, 7) is 4.31. The molecule has 0 amide bonds. The van der Waals surface area contributed by atoms with Crippen LogP contribution in [0.2, 0.25) is 0 Å². The van der Waals surface area contributed by atoms with Crippen molar-refractivity contribution in [3.8, 4) is 0 Å². The van der Waals surface area contributed by atoms with Crippen LogP contribution in [-0.4, -0.2) is 29.5 Å². The molecule has 1 heterocycles. The molecule has 4 nitrogen and oxygen atoms in total. The number of halogens is 1. The zero-order valence-corrected chi connectivity index (χ0v) is 12.8. The zero-order chi connectivity index (χ0) is 13.1. The monoisotopic (exact) mass is 303 g/mol. The SMILES string of the molecule is CCC(CC)(OC)C(NC)c1c(Br)cnn1C. The third-order valence-electron chi connectivity index (χ3n) is 3.63. The summed E-state index contributed by atoms with van der Waals surface area (Å²) in [5.74, 6) is 0. The molecule has 0 spiro atoms. The first-order chi connectivity index (χ1) is 8.06. The lowest BCUT2D eigenvalue weighted by atomic mass is 9.86. The average Bonchev–Trinajstić information content (AvgIpc) is 2.67. The molecule has 0 aliphatic carbocycles. The van der Waals surface area contributed by atoms with Crippen LogP contribution < -0.4 is 5.32 Å². The molecule has 0 saturated carbocycles. The maximum atomic E-state index is 5.80. The lowest BCUT2D eigenvalue weighted by Gasteiger charge is -2.38. The van der Waals surface area contributed by atoms with E-state index in [0.717, 1.165) is 23.0 Å². The Labute approximate surface area is 112 Å². The van der Waals surface area contributed by atoms with Crippen molar-refractivity contribution < 1.29 is 4.74 Å². The number of likely N-dealkylation sites (N-methyl/N-ethyl adjacent to an activating group) is 1. The van der Waals surface area contributed by atoms with Gasteiger partial charge in [0.2, 0.25) is 0 Å². The second kappa shape index (κ2) is 5.98. The molecule has 1 aromatic heterocycles. The Balaban J connectivity index is 3.22. The van der Waals surface area contributed by atoms with Gasteiger partial charge >= 0.3 is 0 Å². The zero-order valence-electron chi connectivity index (χ0n) is 11.2. The smallest absolute Gasteiger partial charge is 0.0882 e. The van der Waals surface area contributed by atoms with Crippen LogP contribution in [0.3, 0.4) is 0 Å². The summed E-state index contributed by atoms with van der Waals surface area (Å²) in [6, 6.07) is 0.115. The topological polar surface area (TPSA) is 39.1 Å². The molecule has 1 unspecified atom stereocenters. The van der Waals surface area contributed by atoms with Crippen LogP contribution in [0.15, 0.2) is 10.7 Å². The van der Waals surface area contributed by atoms with Gasteiger partial charge in [-0.25, -0.2) is 0 Å². The van der Waals surface area contributed by atoms with Gasteiger partial charge in [0.25, 0.3) is 0 Å². The fourth-order valence-corrected chi connectivity index (χ4v) is 3.04. The maximum absolute atomic E-state index is 5.80. The van der Waals surface area contributed by atoms with Gasteiger partial charge in [0.05, 0.1) is 28.0 Å². The van der Waals surface area contributed by atoms with Gasteiger partial charge in [-0.2, -0.15) is 5.10 Å². The van der Waals surface area contributed by atoms with Crippen LogP contribution in [0, 0.1) is 0 Å². The molecule has 0 aromatic carbocycles. The predicted molar refractivity (Wildman–Crippen MR) is 73.0 cm³/mol. The molecule has 17 heavy (non-hydrogen) atoms. The fraction of sp³-hybridized carbons (Fsp3) is 0.750. The van der Waals surface area contributed by atoms with Gasteiger partial charge in [-0.1, -0.05) is 13.8 Å². The van der Waals surface area contributed by atoms with Crippen molar-refractivity contribution in [2.24, 2.45) is 7.05 Å². The summed E-state index contributed by atoms with van der Waals surface area (Å²) in [5.41, 5.74) is 0.920. The van der Waals surface area contributed by atoms with E-state index in [9.17, 15) is 0 Å². The van der Waals surface area contributed by atoms with Crippen molar-refractivity contribution in [1.29, 1.82) is 0 Å². The third-order valence-corrected chi connectivity index (χ3v) is 4.24. The van der Waals surface area contributed by atoms with Gasteiger partial charge in [0, 0.05) is 14.2 Å². The van der Waals surface area contributed by atoms with Crippen LogP contribution in [0.25, 0.3) is 0 Å². The van der Waals surface area contributed by atoms with E-state index in [1.807, 2.05) is 25.0 Å². The van der Waals surface area contributed by atoms with Gasteiger partial charge in [0.1, 0.15) is 0 Å². The number of methoxy groups -OCH3 is 1. The number of rotatable bonds is 6. The van der Waals surface area contributed by atoms with Crippen LogP contribution in [0.5, 0.6) is 0 Å². The van der Waals surface area contributed by atoms with Crippen molar-refractivity contribution in [1.82, 2.24) is 15.1 Å². The summed E-state index contributed by atoms with van der Waals surface area (Å²) in [6.07, 6.45) is 3.72. The Bertz CT molecular complexity index is 333. The number of ether oxygens (including phenoxy) is 1. The van der Waals surface area contributed by atoms with E-state index in [1.165, 1.54) is 0 Å². The molecule has 0 radical (unpaired) electrons. The molecular formula is C12H22BrN3O. The minimum absolute atomic E-state index is 0.115. The van der Waals surface area contributed by atoms with Crippen molar-refractivity contribution >= 4 is 15.9 Å². The number of hydrogen-bond acceptors (Lipinski definition) is 3. The number of hydrogen-bond donors (Lipinski definition) is 1. The van der Waals surface area contributed by atoms with Crippen LogP contribution >= 0.6 is 15.9 Å². The first kappa shape index (κ1) is 14.7. The number of aromatic nitrogens is 2. The first-order valence-corrected chi connectivity index (χ1v) is 6.75. The normalized spacial score (nSPS) is 14.0. The molecule has 0 aliphatic heterocycles. The second-order valence-electron chi connectivity index (χ2n) is 4.20. The Morgan fingerprint density at radius 3 is 2.41 bits per heavy atom. The summed E-state index contributed by atoms with van der Waals surface area (Å²) in [4.78, 5) is 0. The number of nitrogens with zero attached hydrogens (tertiary/aromatic N) is 2. The van der Waals surface area contributed by atoms with Crippen molar-refractivity contribution in [2.45, 2.75) is 38.3 Å². The lowest BCUT2D eigenvalue weighted by molar-refractivity contribution is -0.0488. The van der Waals surface area contributed by atoms with Crippen molar-refractivity contribution in [3.63, 3.8) is 0 Å². The highest BCUT2D eigenvalue weighted by Gasteiger charge is 2.38. The number of nitrogens with one attached hydrogen (secondary N) is 1. The largest absolute Gasteiger partial charge is 0.376 e.